The Morgan fingerprint density at radius 2 is 1.50 bits per heavy atom. The monoisotopic (exact) mass is 331 g/mol. The second-order valence-electron chi connectivity index (χ2n) is 5.04. The first-order chi connectivity index (χ1) is 11.5. The van der Waals surface area contributed by atoms with Crippen LogP contribution in [0.3, 0.4) is 0 Å². The third-order valence-corrected chi connectivity index (χ3v) is 3.19. The first kappa shape index (κ1) is 17.4. The topological polar surface area (TPSA) is 79.5 Å². The zero-order valence-electron chi connectivity index (χ0n) is 13.3. The molecule has 126 valence electrons. The minimum Gasteiger partial charge on any atom is -0.372 e. The van der Waals surface area contributed by atoms with Crippen LogP contribution in [0.25, 0.3) is 0 Å². The Balaban J connectivity index is 1.98. The van der Waals surface area contributed by atoms with Gasteiger partial charge in [0.25, 0.3) is 5.91 Å². The molecule has 0 saturated heterocycles. The van der Waals surface area contributed by atoms with Gasteiger partial charge in [-0.3, -0.25) is 4.79 Å². The molecule has 3 amide bonds. The minimum absolute atomic E-state index is 0.293. The van der Waals surface area contributed by atoms with E-state index in [1.54, 1.807) is 37.3 Å². The van der Waals surface area contributed by atoms with Crippen LogP contribution < -0.4 is 16.0 Å². The maximum absolute atomic E-state index is 13.1. The van der Waals surface area contributed by atoms with Crippen molar-refractivity contribution in [2.24, 2.45) is 0 Å². The molecule has 0 radical (unpaired) electrons. The van der Waals surface area contributed by atoms with E-state index in [1.165, 1.54) is 25.3 Å². The largest absolute Gasteiger partial charge is 0.372 e. The lowest BCUT2D eigenvalue weighted by atomic mass is 10.2. The van der Waals surface area contributed by atoms with E-state index in [1.807, 2.05) is 0 Å². The van der Waals surface area contributed by atoms with E-state index in [-0.39, 0.29) is 5.91 Å². The molecule has 0 bridgehead atoms. The first-order valence-electron chi connectivity index (χ1n) is 7.25. The number of carbonyl (C=O) groups is 2. The van der Waals surface area contributed by atoms with E-state index >= 15 is 0 Å². The molecule has 0 fully saturated rings. The second-order valence-corrected chi connectivity index (χ2v) is 5.04. The van der Waals surface area contributed by atoms with Crippen LogP contribution in [-0.4, -0.2) is 25.2 Å². The lowest BCUT2D eigenvalue weighted by Crippen LogP contribution is -2.26. The van der Waals surface area contributed by atoms with Crippen LogP contribution in [0.1, 0.15) is 6.92 Å². The summed E-state index contributed by atoms with van der Waals surface area (Å²) in [6, 6.07) is 11.7. The van der Waals surface area contributed by atoms with Crippen LogP contribution >= 0.6 is 0 Å². The van der Waals surface area contributed by atoms with E-state index in [0.717, 1.165) is 0 Å². The molecule has 2 aromatic rings. The Bertz CT molecular complexity index is 737. The molecule has 0 aromatic heterocycles. The van der Waals surface area contributed by atoms with Crippen LogP contribution in [0.4, 0.5) is 26.2 Å². The van der Waals surface area contributed by atoms with Crippen molar-refractivity contribution < 1.29 is 18.7 Å². The lowest BCUT2D eigenvalue weighted by molar-refractivity contribution is -0.124. The average molecular weight is 331 g/mol. The molecule has 24 heavy (non-hydrogen) atoms. The zero-order valence-corrected chi connectivity index (χ0v) is 13.3. The van der Waals surface area contributed by atoms with E-state index in [2.05, 4.69) is 16.0 Å². The highest BCUT2D eigenvalue weighted by Crippen LogP contribution is 2.16. The number of amides is 3. The Morgan fingerprint density at radius 1 is 0.958 bits per heavy atom. The number of rotatable bonds is 5. The predicted octanol–water partition coefficient (Wildman–Crippen LogP) is 3.44. The van der Waals surface area contributed by atoms with Gasteiger partial charge in [0.1, 0.15) is 11.9 Å². The third kappa shape index (κ3) is 5.06. The van der Waals surface area contributed by atoms with E-state index < -0.39 is 18.0 Å². The molecule has 0 spiro atoms. The van der Waals surface area contributed by atoms with Gasteiger partial charge in [-0.25, -0.2) is 9.18 Å². The molecule has 2 rings (SSSR count). The Hall–Kier alpha value is -2.93. The molecule has 0 saturated carbocycles. The van der Waals surface area contributed by atoms with Gasteiger partial charge >= 0.3 is 6.03 Å². The summed E-state index contributed by atoms with van der Waals surface area (Å²) in [5, 5.41) is 7.81. The molecule has 0 aliphatic carbocycles. The maximum Gasteiger partial charge on any atom is 0.323 e. The number of ether oxygens (including phenoxy) is 1. The highest BCUT2D eigenvalue weighted by molar-refractivity contribution is 6.00. The molecule has 1 atom stereocenters. The number of carbonyl (C=O) groups excluding carboxylic acids is 2. The summed E-state index contributed by atoms with van der Waals surface area (Å²) in [7, 11) is 1.44. The van der Waals surface area contributed by atoms with Crippen LogP contribution in [0.5, 0.6) is 0 Å². The number of anilines is 3. The van der Waals surface area contributed by atoms with Crippen molar-refractivity contribution in [1.82, 2.24) is 0 Å². The summed E-state index contributed by atoms with van der Waals surface area (Å²) >= 11 is 0. The summed E-state index contributed by atoms with van der Waals surface area (Å²) in [5.41, 5.74) is 1.34. The fraction of sp³-hybridized carbons (Fsp3) is 0.176. The second kappa shape index (κ2) is 8.07. The number of nitrogens with one attached hydrogen (secondary N) is 3. The molecule has 6 nitrogen and oxygen atoms in total. The smallest absolute Gasteiger partial charge is 0.323 e. The molecule has 3 N–H and O–H groups in total. The fourth-order valence-electron chi connectivity index (χ4n) is 1.89. The van der Waals surface area contributed by atoms with Gasteiger partial charge in [-0.05, 0) is 43.3 Å². The summed E-state index contributed by atoms with van der Waals surface area (Å²) in [6.07, 6.45) is -0.585. The van der Waals surface area contributed by atoms with Crippen LogP contribution in [-0.2, 0) is 9.53 Å². The molecule has 2 aromatic carbocycles. The van der Waals surface area contributed by atoms with Gasteiger partial charge in [0, 0.05) is 24.2 Å². The van der Waals surface area contributed by atoms with Crippen molar-refractivity contribution in [2.45, 2.75) is 13.0 Å². The Morgan fingerprint density at radius 3 is 2.08 bits per heavy atom. The summed E-state index contributed by atoms with van der Waals surface area (Å²) < 4.78 is 18.0. The third-order valence-electron chi connectivity index (χ3n) is 3.19. The molecule has 7 heteroatoms. The van der Waals surface area contributed by atoms with Gasteiger partial charge in [0.05, 0.1) is 0 Å². The highest BCUT2D eigenvalue weighted by Gasteiger charge is 2.12. The number of halogens is 1. The lowest BCUT2D eigenvalue weighted by Gasteiger charge is -2.12. The first-order valence-corrected chi connectivity index (χ1v) is 7.25. The fourth-order valence-corrected chi connectivity index (χ4v) is 1.89. The number of hydrogen-bond donors (Lipinski definition) is 3. The van der Waals surface area contributed by atoms with Gasteiger partial charge in [0.15, 0.2) is 0 Å². The van der Waals surface area contributed by atoms with Crippen molar-refractivity contribution >= 4 is 29.0 Å². The molecular weight excluding hydrogens is 313 g/mol. The van der Waals surface area contributed by atoms with Crippen LogP contribution in [0.2, 0.25) is 0 Å². The quantitative estimate of drug-likeness (QED) is 0.785. The molecule has 0 aliphatic heterocycles. The Kier molecular flexibility index (Phi) is 5.86. The number of urea groups is 1. The summed E-state index contributed by atoms with van der Waals surface area (Å²) in [5.74, 6) is -0.733. The average Bonchev–Trinajstić information content (AvgIpc) is 2.54. The predicted molar refractivity (Wildman–Crippen MR) is 90.6 cm³/mol. The van der Waals surface area contributed by atoms with E-state index in [0.29, 0.717) is 17.1 Å². The SMILES string of the molecule is COC(C)C(=O)Nc1cccc(NC(=O)Nc2cccc(F)c2)c1. The molecule has 0 aliphatic rings. The summed E-state index contributed by atoms with van der Waals surface area (Å²) in [6.45, 7) is 1.63. The zero-order chi connectivity index (χ0) is 17.5. The van der Waals surface area contributed by atoms with Crippen LogP contribution in [0, 0.1) is 5.82 Å². The number of methoxy groups -OCH3 is 1. The molecular formula is C17H18FN3O3. The summed E-state index contributed by atoms with van der Waals surface area (Å²) in [4.78, 5) is 23.7. The van der Waals surface area contributed by atoms with Crippen molar-refractivity contribution in [1.29, 1.82) is 0 Å². The van der Waals surface area contributed by atoms with Gasteiger partial charge in [0.2, 0.25) is 0 Å². The van der Waals surface area contributed by atoms with E-state index in [4.69, 9.17) is 4.74 Å². The van der Waals surface area contributed by atoms with Crippen molar-refractivity contribution in [3.63, 3.8) is 0 Å². The van der Waals surface area contributed by atoms with Crippen molar-refractivity contribution in [3.05, 3.63) is 54.3 Å². The number of hydrogen-bond acceptors (Lipinski definition) is 3. The van der Waals surface area contributed by atoms with Crippen molar-refractivity contribution in [2.75, 3.05) is 23.1 Å². The standard InChI is InChI=1S/C17H18FN3O3/c1-11(24-2)16(22)19-14-7-4-8-15(10-14)21-17(23)20-13-6-3-5-12(18)9-13/h3-11H,1-2H3,(H,19,22)(H2,20,21,23). The van der Waals surface area contributed by atoms with Gasteiger partial charge in [-0.15, -0.1) is 0 Å². The maximum atomic E-state index is 13.1. The highest BCUT2D eigenvalue weighted by atomic mass is 19.1. The van der Waals surface area contributed by atoms with E-state index in [9.17, 15) is 14.0 Å². The van der Waals surface area contributed by atoms with Gasteiger partial charge in [-0.2, -0.15) is 0 Å². The number of benzene rings is 2. The molecule has 1 unspecified atom stereocenters. The van der Waals surface area contributed by atoms with Crippen LogP contribution in [0.15, 0.2) is 48.5 Å². The van der Waals surface area contributed by atoms with Gasteiger partial charge in [-0.1, -0.05) is 12.1 Å². The Labute approximate surface area is 139 Å². The van der Waals surface area contributed by atoms with Gasteiger partial charge < -0.3 is 20.7 Å². The van der Waals surface area contributed by atoms with Crippen molar-refractivity contribution in [3.8, 4) is 0 Å². The normalized spacial score (nSPS) is 11.5. The molecule has 0 heterocycles. The minimum atomic E-state index is -0.585.